The summed E-state index contributed by atoms with van der Waals surface area (Å²) in [7, 11) is 0. The van der Waals surface area contributed by atoms with E-state index in [2.05, 4.69) is 0 Å². The minimum Gasteiger partial charge on any atom is -0.462 e. The number of nitrogens with one attached hydrogen (secondary N) is 2. The van der Waals surface area contributed by atoms with E-state index in [1.165, 1.54) is 26.1 Å². The van der Waals surface area contributed by atoms with Crippen LogP contribution < -0.4 is 10.6 Å². The van der Waals surface area contributed by atoms with Gasteiger partial charge >= 0.3 is 24.0 Å². The normalized spacial score (nSPS) is 12.6. The highest BCUT2D eigenvalue weighted by atomic mass is 19.4. The van der Waals surface area contributed by atoms with Gasteiger partial charge in [-0.2, -0.15) is 26.3 Å². The molecule has 1 aromatic carbocycles. The highest BCUT2D eigenvalue weighted by Gasteiger charge is 2.72. The van der Waals surface area contributed by atoms with Crippen molar-refractivity contribution < 1.29 is 40.7 Å². The van der Waals surface area contributed by atoms with Crippen LogP contribution in [0.4, 0.5) is 32.0 Å². The topological polar surface area (TPSA) is 67.4 Å². The van der Waals surface area contributed by atoms with E-state index in [4.69, 9.17) is 4.74 Å². The fourth-order valence-electron chi connectivity index (χ4n) is 2.23. The number of amides is 1. The van der Waals surface area contributed by atoms with Crippen LogP contribution in [-0.2, 0) is 9.53 Å². The summed E-state index contributed by atoms with van der Waals surface area (Å²) >= 11 is 0. The molecular formula is C17H20F6N2O3. The molecule has 0 unspecified atom stereocenters. The second-order valence-corrected chi connectivity index (χ2v) is 6.31. The van der Waals surface area contributed by atoms with E-state index >= 15 is 0 Å². The van der Waals surface area contributed by atoms with E-state index in [1.54, 1.807) is 0 Å². The van der Waals surface area contributed by atoms with E-state index < -0.39 is 47.9 Å². The predicted octanol–water partition coefficient (Wildman–Crippen LogP) is 4.26. The third kappa shape index (κ3) is 5.52. The SMILES string of the molecule is CCOC(=O)c1ccc(NC(NC(=O)CC(C)C)(C(F)(F)F)C(F)(F)F)cc1. The Morgan fingerprint density at radius 1 is 1.00 bits per heavy atom. The Morgan fingerprint density at radius 2 is 1.50 bits per heavy atom. The second-order valence-electron chi connectivity index (χ2n) is 6.31. The van der Waals surface area contributed by atoms with Gasteiger partial charge in [-0.05, 0) is 37.1 Å². The monoisotopic (exact) mass is 414 g/mol. The van der Waals surface area contributed by atoms with E-state index in [0.717, 1.165) is 29.6 Å². The van der Waals surface area contributed by atoms with Crippen molar-refractivity contribution >= 4 is 17.6 Å². The maximum atomic E-state index is 13.5. The largest absolute Gasteiger partial charge is 0.462 e. The number of alkyl halides is 6. The summed E-state index contributed by atoms with van der Waals surface area (Å²) in [6, 6.07) is 3.72. The molecule has 0 aromatic heterocycles. The Kier molecular flexibility index (Phi) is 7.32. The van der Waals surface area contributed by atoms with Gasteiger partial charge in [-0.1, -0.05) is 13.8 Å². The predicted molar refractivity (Wildman–Crippen MR) is 88.5 cm³/mol. The number of hydrogen-bond acceptors (Lipinski definition) is 4. The van der Waals surface area contributed by atoms with E-state index in [1.807, 2.05) is 0 Å². The number of esters is 1. The smallest absolute Gasteiger partial charge is 0.439 e. The van der Waals surface area contributed by atoms with Crippen molar-refractivity contribution in [2.75, 3.05) is 11.9 Å². The molecule has 0 aliphatic heterocycles. The molecule has 0 fully saturated rings. The Labute approximate surface area is 157 Å². The Hall–Kier alpha value is -2.46. The molecule has 5 nitrogen and oxygen atoms in total. The number of rotatable bonds is 7. The quantitative estimate of drug-likeness (QED) is 0.398. The molecule has 0 spiro atoms. The molecular weight excluding hydrogens is 394 g/mol. The number of ether oxygens (including phenoxy) is 1. The van der Waals surface area contributed by atoms with Gasteiger partial charge in [0, 0.05) is 12.1 Å². The first-order valence-electron chi connectivity index (χ1n) is 8.23. The molecule has 2 N–H and O–H groups in total. The van der Waals surface area contributed by atoms with E-state index in [0.29, 0.717) is 0 Å². The van der Waals surface area contributed by atoms with Crippen LogP contribution >= 0.6 is 0 Å². The first-order chi connectivity index (χ1) is 12.7. The fraction of sp³-hybridized carbons (Fsp3) is 0.529. The van der Waals surface area contributed by atoms with Crippen molar-refractivity contribution in [1.82, 2.24) is 5.32 Å². The molecule has 0 radical (unpaired) electrons. The lowest BCUT2D eigenvalue weighted by atomic mass is 10.1. The first kappa shape index (κ1) is 23.6. The van der Waals surface area contributed by atoms with Crippen LogP contribution in [-0.4, -0.2) is 36.5 Å². The zero-order valence-electron chi connectivity index (χ0n) is 15.3. The Balaban J connectivity index is 3.28. The molecule has 0 bridgehead atoms. The van der Waals surface area contributed by atoms with Gasteiger partial charge < -0.3 is 15.4 Å². The molecule has 158 valence electrons. The van der Waals surface area contributed by atoms with Gasteiger partial charge in [-0.15, -0.1) is 0 Å². The van der Waals surface area contributed by atoms with Crippen molar-refractivity contribution in [1.29, 1.82) is 0 Å². The lowest BCUT2D eigenvalue weighted by molar-refractivity contribution is -0.296. The average Bonchev–Trinajstić information content (AvgIpc) is 2.52. The lowest BCUT2D eigenvalue weighted by Crippen LogP contribution is -2.72. The van der Waals surface area contributed by atoms with E-state index in [9.17, 15) is 35.9 Å². The summed E-state index contributed by atoms with van der Waals surface area (Å²) in [4.78, 5) is 23.3. The minimum atomic E-state index is -5.91. The molecule has 0 atom stereocenters. The van der Waals surface area contributed by atoms with Gasteiger partial charge in [0.25, 0.3) is 0 Å². The van der Waals surface area contributed by atoms with Gasteiger partial charge in [0.15, 0.2) is 0 Å². The van der Waals surface area contributed by atoms with Gasteiger partial charge in [-0.3, -0.25) is 4.79 Å². The van der Waals surface area contributed by atoms with Crippen molar-refractivity contribution in [3.8, 4) is 0 Å². The average molecular weight is 414 g/mol. The number of hydrogen-bond donors (Lipinski definition) is 2. The number of carbonyl (C=O) groups excluding carboxylic acids is 2. The molecule has 0 aliphatic rings. The lowest BCUT2D eigenvalue weighted by Gasteiger charge is -2.39. The number of anilines is 1. The minimum absolute atomic E-state index is 0.0476. The molecule has 1 rings (SSSR count). The Bertz CT molecular complexity index is 670. The zero-order valence-corrected chi connectivity index (χ0v) is 15.3. The van der Waals surface area contributed by atoms with E-state index in [-0.39, 0.29) is 12.2 Å². The number of halogens is 6. The maximum Gasteiger partial charge on any atom is 0.439 e. The number of benzene rings is 1. The molecule has 0 saturated heterocycles. The second kappa shape index (κ2) is 8.70. The van der Waals surface area contributed by atoms with Gasteiger partial charge in [0.2, 0.25) is 5.91 Å². The Morgan fingerprint density at radius 3 is 1.89 bits per heavy atom. The van der Waals surface area contributed by atoms with Crippen LogP contribution in [0.25, 0.3) is 0 Å². The van der Waals surface area contributed by atoms with Crippen molar-refractivity contribution in [2.45, 2.75) is 45.2 Å². The van der Waals surface area contributed by atoms with Gasteiger partial charge in [0.1, 0.15) is 0 Å². The summed E-state index contributed by atoms with van der Waals surface area (Å²) in [5, 5.41) is 2.40. The van der Waals surface area contributed by atoms with Crippen LogP contribution in [0.2, 0.25) is 0 Å². The molecule has 11 heteroatoms. The molecule has 1 amide bonds. The van der Waals surface area contributed by atoms with Gasteiger partial charge in [-0.25, -0.2) is 4.79 Å². The van der Waals surface area contributed by atoms with Crippen LogP contribution in [0.5, 0.6) is 0 Å². The molecule has 0 heterocycles. The molecule has 28 heavy (non-hydrogen) atoms. The van der Waals surface area contributed by atoms with Gasteiger partial charge in [0.05, 0.1) is 12.2 Å². The van der Waals surface area contributed by atoms with Crippen molar-refractivity contribution in [3.63, 3.8) is 0 Å². The standard InChI is InChI=1S/C17H20F6N2O3/c1-4-28-14(27)11-5-7-12(8-6-11)24-15(16(18,19)20,17(21,22)23)25-13(26)9-10(2)3/h5-8,10,24H,4,9H2,1-3H3,(H,25,26). The van der Waals surface area contributed by atoms with Crippen LogP contribution in [0.3, 0.4) is 0 Å². The number of carbonyl (C=O) groups is 2. The highest BCUT2D eigenvalue weighted by molar-refractivity contribution is 5.89. The summed E-state index contributed by atoms with van der Waals surface area (Å²) in [5.41, 5.74) is -5.36. The highest BCUT2D eigenvalue weighted by Crippen LogP contribution is 2.43. The molecule has 0 aliphatic carbocycles. The van der Waals surface area contributed by atoms with Crippen LogP contribution in [0, 0.1) is 5.92 Å². The third-order valence-electron chi connectivity index (χ3n) is 3.50. The zero-order chi connectivity index (χ0) is 21.8. The van der Waals surface area contributed by atoms with Crippen molar-refractivity contribution in [2.24, 2.45) is 5.92 Å². The summed E-state index contributed by atoms with van der Waals surface area (Å²) < 4.78 is 85.6. The maximum absolute atomic E-state index is 13.5. The summed E-state index contributed by atoms with van der Waals surface area (Å²) in [6.45, 7) is 4.54. The van der Waals surface area contributed by atoms with Crippen molar-refractivity contribution in [3.05, 3.63) is 29.8 Å². The summed E-state index contributed by atoms with van der Waals surface area (Å²) in [6.07, 6.45) is -12.3. The first-order valence-corrected chi connectivity index (χ1v) is 8.23. The third-order valence-corrected chi connectivity index (χ3v) is 3.50. The van der Waals surface area contributed by atoms with Crippen LogP contribution in [0.15, 0.2) is 24.3 Å². The fourth-order valence-corrected chi connectivity index (χ4v) is 2.23. The molecule has 1 aromatic rings. The molecule has 0 saturated carbocycles. The summed E-state index contributed by atoms with van der Waals surface area (Å²) in [5.74, 6) is -2.65. The van der Waals surface area contributed by atoms with Crippen LogP contribution in [0.1, 0.15) is 37.6 Å².